The first-order valence-corrected chi connectivity index (χ1v) is 8.02. The van der Waals surface area contributed by atoms with Gasteiger partial charge in [-0.05, 0) is 37.1 Å². The highest BCUT2D eigenvalue weighted by molar-refractivity contribution is 5.25. The highest BCUT2D eigenvalue weighted by atomic mass is 16.3. The van der Waals surface area contributed by atoms with Crippen molar-refractivity contribution >= 4 is 0 Å². The Kier molecular flexibility index (Phi) is 5.63. The van der Waals surface area contributed by atoms with Gasteiger partial charge in [-0.2, -0.15) is 0 Å². The van der Waals surface area contributed by atoms with Crippen molar-refractivity contribution < 1.29 is 4.42 Å². The van der Waals surface area contributed by atoms with Gasteiger partial charge in [0.2, 0.25) is 0 Å². The van der Waals surface area contributed by atoms with E-state index in [1.165, 1.54) is 5.56 Å². The molecule has 3 unspecified atom stereocenters. The lowest BCUT2D eigenvalue weighted by atomic mass is 9.79. The van der Waals surface area contributed by atoms with Gasteiger partial charge in [0.1, 0.15) is 11.5 Å². The van der Waals surface area contributed by atoms with E-state index in [2.05, 4.69) is 68.6 Å². The van der Waals surface area contributed by atoms with Gasteiger partial charge in [-0.25, -0.2) is 0 Å². The minimum Gasteiger partial charge on any atom is -0.465 e. The number of benzene rings is 1. The van der Waals surface area contributed by atoms with Crippen molar-refractivity contribution in [2.45, 2.75) is 46.1 Å². The van der Waals surface area contributed by atoms with Crippen LogP contribution in [-0.2, 0) is 0 Å². The van der Waals surface area contributed by atoms with Gasteiger partial charge in [-0.1, -0.05) is 57.5 Å². The number of furan rings is 1. The van der Waals surface area contributed by atoms with E-state index in [-0.39, 0.29) is 6.04 Å². The molecule has 0 radical (unpaired) electrons. The lowest BCUT2D eigenvalue weighted by Gasteiger charge is -2.31. The monoisotopic (exact) mass is 285 g/mol. The van der Waals surface area contributed by atoms with Gasteiger partial charge < -0.3 is 9.73 Å². The SMILES string of the molecule is CCNC(c1ccc(C)o1)C(c1ccccc1)C(C)CC. The third kappa shape index (κ3) is 3.76. The number of aryl methyl sites for hydroxylation is 1. The van der Waals surface area contributed by atoms with Crippen molar-refractivity contribution in [2.75, 3.05) is 6.54 Å². The molecule has 0 saturated carbocycles. The van der Waals surface area contributed by atoms with E-state index in [1.807, 2.05) is 6.92 Å². The molecule has 3 atom stereocenters. The van der Waals surface area contributed by atoms with Gasteiger partial charge >= 0.3 is 0 Å². The topological polar surface area (TPSA) is 25.2 Å². The Labute approximate surface area is 128 Å². The molecular weight excluding hydrogens is 258 g/mol. The molecule has 0 spiro atoms. The first-order chi connectivity index (χ1) is 10.2. The van der Waals surface area contributed by atoms with Crippen LogP contribution in [0.1, 0.15) is 56.2 Å². The van der Waals surface area contributed by atoms with Gasteiger partial charge in [0.15, 0.2) is 0 Å². The Hall–Kier alpha value is -1.54. The standard InChI is InChI=1S/C19H27NO/c1-5-14(3)18(16-10-8-7-9-11-16)19(20-6-2)17-13-12-15(4)21-17/h7-14,18-20H,5-6H2,1-4H3. The van der Waals surface area contributed by atoms with Crippen LogP contribution in [0, 0.1) is 12.8 Å². The zero-order chi connectivity index (χ0) is 15.2. The molecule has 1 aromatic carbocycles. The number of rotatable bonds is 7. The molecule has 2 heteroatoms. The molecule has 2 nitrogen and oxygen atoms in total. The minimum absolute atomic E-state index is 0.223. The predicted octanol–water partition coefficient (Wildman–Crippen LogP) is 5.07. The molecule has 1 aromatic heterocycles. The summed E-state index contributed by atoms with van der Waals surface area (Å²) >= 11 is 0. The van der Waals surface area contributed by atoms with Gasteiger partial charge in [0.25, 0.3) is 0 Å². The Balaban J connectivity index is 2.40. The third-order valence-electron chi connectivity index (χ3n) is 4.29. The van der Waals surface area contributed by atoms with E-state index in [1.54, 1.807) is 0 Å². The van der Waals surface area contributed by atoms with Crippen LogP contribution in [0.2, 0.25) is 0 Å². The summed E-state index contributed by atoms with van der Waals surface area (Å²) in [4.78, 5) is 0. The van der Waals surface area contributed by atoms with Crippen molar-refractivity contribution in [3.8, 4) is 0 Å². The second-order valence-corrected chi connectivity index (χ2v) is 5.81. The van der Waals surface area contributed by atoms with Crippen LogP contribution in [0.5, 0.6) is 0 Å². The lowest BCUT2D eigenvalue weighted by Crippen LogP contribution is -2.30. The average molecular weight is 285 g/mol. The molecular formula is C19H27NO. The normalized spacial score (nSPS) is 15.6. The second-order valence-electron chi connectivity index (χ2n) is 5.81. The molecule has 0 amide bonds. The summed E-state index contributed by atoms with van der Waals surface area (Å²) in [6, 6.07) is 15.2. The predicted molar refractivity (Wildman–Crippen MR) is 88.5 cm³/mol. The first-order valence-electron chi connectivity index (χ1n) is 8.02. The fourth-order valence-electron chi connectivity index (χ4n) is 3.02. The van der Waals surface area contributed by atoms with Crippen molar-refractivity contribution in [1.82, 2.24) is 5.32 Å². The Morgan fingerprint density at radius 2 is 1.76 bits per heavy atom. The highest BCUT2D eigenvalue weighted by Crippen LogP contribution is 2.38. The largest absolute Gasteiger partial charge is 0.465 e. The summed E-state index contributed by atoms with van der Waals surface area (Å²) in [6.07, 6.45) is 1.15. The summed E-state index contributed by atoms with van der Waals surface area (Å²) in [5.74, 6) is 3.02. The van der Waals surface area contributed by atoms with Gasteiger partial charge in [0, 0.05) is 5.92 Å². The van der Waals surface area contributed by atoms with Crippen molar-refractivity contribution in [3.63, 3.8) is 0 Å². The summed E-state index contributed by atoms with van der Waals surface area (Å²) in [5.41, 5.74) is 1.38. The molecule has 2 rings (SSSR count). The summed E-state index contributed by atoms with van der Waals surface area (Å²) in [5, 5.41) is 3.63. The maximum atomic E-state index is 5.93. The van der Waals surface area contributed by atoms with Crippen LogP contribution in [0.25, 0.3) is 0 Å². The van der Waals surface area contributed by atoms with Crippen LogP contribution >= 0.6 is 0 Å². The fourth-order valence-corrected chi connectivity index (χ4v) is 3.02. The van der Waals surface area contributed by atoms with Gasteiger partial charge in [-0.15, -0.1) is 0 Å². The lowest BCUT2D eigenvalue weighted by molar-refractivity contribution is 0.300. The Morgan fingerprint density at radius 3 is 2.29 bits per heavy atom. The van der Waals surface area contributed by atoms with Crippen LogP contribution in [0.4, 0.5) is 0 Å². The molecule has 0 aliphatic heterocycles. The third-order valence-corrected chi connectivity index (χ3v) is 4.29. The number of hydrogen-bond acceptors (Lipinski definition) is 2. The van der Waals surface area contributed by atoms with Crippen molar-refractivity contribution in [2.24, 2.45) is 5.92 Å². The Morgan fingerprint density at radius 1 is 1.05 bits per heavy atom. The number of likely N-dealkylation sites (N-methyl/N-ethyl adjacent to an activating group) is 1. The zero-order valence-corrected chi connectivity index (χ0v) is 13.6. The van der Waals surface area contributed by atoms with E-state index < -0.39 is 0 Å². The molecule has 0 saturated heterocycles. The molecule has 114 valence electrons. The Bertz CT molecular complexity index is 532. The zero-order valence-electron chi connectivity index (χ0n) is 13.6. The van der Waals surface area contributed by atoms with E-state index in [0.29, 0.717) is 11.8 Å². The van der Waals surface area contributed by atoms with Crippen LogP contribution in [0.15, 0.2) is 46.9 Å². The number of hydrogen-bond donors (Lipinski definition) is 1. The maximum absolute atomic E-state index is 5.93. The summed E-state index contributed by atoms with van der Waals surface area (Å²) in [6.45, 7) is 9.69. The molecule has 0 bridgehead atoms. The molecule has 0 fully saturated rings. The van der Waals surface area contributed by atoms with E-state index in [0.717, 1.165) is 24.5 Å². The van der Waals surface area contributed by atoms with Crippen LogP contribution < -0.4 is 5.32 Å². The molecule has 1 heterocycles. The average Bonchev–Trinajstić information content (AvgIpc) is 2.94. The quantitative estimate of drug-likeness (QED) is 0.768. The molecule has 1 N–H and O–H groups in total. The van der Waals surface area contributed by atoms with E-state index in [4.69, 9.17) is 4.42 Å². The van der Waals surface area contributed by atoms with E-state index in [9.17, 15) is 0 Å². The number of nitrogens with one attached hydrogen (secondary N) is 1. The summed E-state index contributed by atoms with van der Waals surface area (Å²) < 4.78 is 5.93. The van der Waals surface area contributed by atoms with E-state index >= 15 is 0 Å². The molecule has 0 aliphatic rings. The molecule has 2 aromatic rings. The minimum atomic E-state index is 0.223. The molecule has 21 heavy (non-hydrogen) atoms. The smallest absolute Gasteiger partial charge is 0.121 e. The van der Waals surface area contributed by atoms with Crippen molar-refractivity contribution in [1.29, 1.82) is 0 Å². The molecule has 0 aliphatic carbocycles. The van der Waals surface area contributed by atoms with Gasteiger partial charge in [0.05, 0.1) is 6.04 Å². The van der Waals surface area contributed by atoms with Crippen LogP contribution in [0.3, 0.4) is 0 Å². The second kappa shape index (κ2) is 7.46. The van der Waals surface area contributed by atoms with Gasteiger partial charge in [-0.3, -0.25) is 0 Å². The fraction of sp³-hybridized carbons (Fsp3) is 0.474. The van der Waals surface area contributed by atoms with Crippen LogP contribution in [-0.4, -0.2) is 6.54 Å². The maximum Gasteiger partial charge on any atom is 0.121 e. The highest BCUT2D eigenvalue weighted by Gasteiger charge is 2.30. The summed E-state index contributed by atoms with van der Waals surface area (Å²) in [7, 11) is 0. The first kappa shape index (κ1) is 15.8. The van der Waals surface area contributed by atoms with Crippen molar-refractivity contribution in [3.05, 3.63) is 59.5 Å².